The number of benzene rings is 2. The van der Waals surface area contributed by atoms with Crippen molar-refractivity contribution in [2.75, 3.05) is 46.0 Å². The normalized spacial score (nSPS) is 20.6. The number of carbonyl (C=O) groups excluding carboxylic acids is 1. The molecular formula is C27H37N3O3S. The Balaban J connectivity index is 1.48. The van der Waals surface area contributed by atoms with E-state index in [1.54, 1.807) is 0 Å². The molecule has 184 valence electrons. The van der Waals surface area contributed by atoms with Gasteiger partial charge in [-0.25, -0.2) is 12.7 Å². The maximum absolute atomic E-state index is 13.6. The van der Waals surface area contributed by atoms with Gasteiger partial charge in [-0.15, -0.1) is 0 Å². The molecule has 0 bridgehead atoms. The molecule has 2 aliphatic rings. The minimum atomic E-state index is -3.67. The lowest BCUT2D eigenvalue weighted by Gasteiger charge is -2.32. The van der Waals surface area contributed by atoms with E-state index in [4.69, 9.17) is 0 Å². The van der Waals surface area contributed by atoms with Crippen molar-refractivity contribution >= 4 is 15.9 Å². The zero-order chi connectivity index (χ0) is 24.1. The molecule has 2 fully saturated rings. The van der Waals surface area contributed by atoms with Crippen LogP contribution in [0.5, 0.6) is 0 Å². The van der Waals surface area contributed by atoms with E-state index in [2.05, 4.69) is 16.8 Å². The molecule has 1 amide bonds. The predicted molar refractivity (Wildman–Crippen MR) is 136 cm³/mol. The second-order valence-electron chi connectivity index (χ2n) is 9.98. The van der Waals surface area contributed by atoms with Gasteiger partial charge in [-0.2, -0.15) is 0 Å². The number of sulfonamides is 1. The van der Waals surface area contributed by atoms with Crippen LogP contribution in [-0.4, -0.2) is 80.5 Å². The Bertz CT molecular complexity index is 998. The third-order valence-electron chi connectivity index (χ3n) is 7.32. The summed E-state index contributed by atoms with van der Waals surface area (Å²) in [6.07, 6.45) is 4.37. The second-order valence-corrected chi connectivity index (χ2v) is 11.8. The fourth-order valence-corrected chi connectivity index (χ4v) is 6.66. The van der Waals surface area contributed by atoms with Crippen molar-refractivity contribution in [3.63, 3.8) is 0 Å². The summed E-state index contributed by atoms with van der Waals surface area (Å²) in [5.41, 5.74) is 2.04. The highest BCUT2D eigenvalue weighted by Crippen LogP contribution is 2.31. The van der Waals surface area contributed by atoms with E-state index in [1.165, 1.54) is 23.4 Å². The summed E-state index contributed by atoms with van der Waals surface area (Å²) in [6.45, 7) is 4.71. The Hall–Kier alpha value is -2.22. The molecular weight excluding hydrogens is 446 g/mol. The predicted octanol–water partition coefficient (Wildman–Crippen LogP) is 3.41. The highest BCUT2D eigenvalue weighted by atomic mass is 32.2. The maximum atomic E-state index is 13.6. The minimum Gasteiger partial charge on any atom is -0.306 e. The van der Waals surface area contributed by atoms with Gasteiger partial charge in [-0.05, 0) is 56.4 Å². The number of amides is 1. The van der Waals surface area contributed by atoms with Crippen molar-refractivity contribution in [3.8, 4) is 0 Å². The van der Waals surface area contributed by atoms with Gasteiger partial charge in [-0.3, -0.25) is 4.79 Å². The van der Waals surface area contributed by atoms with Crippen LogP contribution in [0.2, 0.25) is 0 Å². The molecule has 2 saturated heterocycles. The summed E-state index contributed by atoms with van der Waals surface area (Å²) in [5, 5.41) is 0. The van der Waals surface area contributed by atoms with Crippen LogP contribution in [0.15, 0.2) is 60.7 Å². The molecule has 2 aromatic carbocycles. The fraction of sp³-hybridized carbons (Fsp3) is 0.519. The Morgan fingerprint density at radius 3 is 2.03 bits per heavy atom. The van der Waals surface area contributed by atoms with Crippen LogP contribution >= 0.6 is 0 Å². The van der Waals surface area contributed by atoms with Crippen LogP contribution in [0.4, 0.5) is 0 Å². The lowest BCUT2D eigenvalue weighted by molar-refractivity contribution is -0.128. The van der Waals surface area contributed by atoms with Gasteiger partial charge < -0.3 is 9.80 Å². The van der Waals surface area contributed by atoms with Crippen molar-refractivity contribution in [1.29, 1.82) is 0 Å². The molecule has 0 radical (unpaired) electrons. The standard InChI is InChI=1S/C27H37N3O3S/c1-28-16-13-22(14-17-28)20-29-18-15-25(21-29)30(34(2,32)33)27(31)19-26(23-9-5-3-6-10-23)24-11-7-4-8-12-24/h3-12,22,25-26H,13-21H2,1-2H3/t25-/m0/s1. The van der Waals surface area contributed by atoms with Crippen molar-refractivity contribution in [3.05, 3.63) is 71.8 Å². The van der Waals surface area contributed by atoms with Gasteiger partial charge >= 0.3 is 0 Å². The first-order chi connectivity index (χ1) is 16.3. The quantitative estimate of drug-likeness (QED) is 0.576. The molecule has 2 heterocycles. The Morgan fingerprint density at radius 2 is 1.50 bits per heavy atom. The van der Waals surface area contributed by atoms with E-state index in [1.807, 2.05) is 60.7 Å². The smallest absolute Gasteiger partial charge is 0.237 e. The molecule has 0 aliphatic carbocycles. The molecule has 34 heavy (non-hydrogen) atoms. The number of hydrogen-bond acceptors (Lipinski definition) is 5. The Kier molecular flexibility index (Phi) is 8.06. The summed E-state index contributed by atoms with van der Waals surface area (Å²) in [4.78, 5) is 18.3. The van der Waals surface area contributed by atoms with Gasteiger partial charge in [0.25, 0.3) is 0 Å². The van der Waals surface area contributed by atoms with Crippen LogP contribution < -0.4 is 0 Å². The molecule has 4 rings (SSSR count). The molecule has 0 saturated carbocycles. The van der Waals surface area contributed by atoms with Crippen molar-refractivity contribution in [2.45, 2.75) is 37.6 Å². The van der Waals surface area contributed by atoms with Crippen LogP contribution in [0.25, 0.3) is 0 Å². The van der Waals surface area contributed by atoms with Gasteiger partial charge in [0.2, 0.25) is 15.9 Å². The minimum absolute atomic E-state index is 0.132. The van der Waals surface area contributed by atoms with Gasteiger partial charge in [0, 0.05) is 32.0 Å². The molecule has 2 aromatic rings. The van der Waals surface area contributed by atoms with Crippen molar-refractivity contribution in [1.82, 2.24) is 14.1 Å². The molecule has 0 aromatic heterocycles. The van der Waals surface area contributed by atoms with Crippen LogP contribution in [0, 0.1) is 5.92 Å². The number of likely N-dealkylation sites (tertiary alicyclic amines) is 2. The average molecular weight is 484 g/mol. The largest absolute Gasteiger partial charge is 0.306 e. The number of piperidine rings is 1. The molecule has 0 spiro atoms. The average Bonchev–Trinajstić information content (AvgIpc) is 3.26. The molecule has 6 nitrogen and oxygen atoms in total. The number of rotatable bonds is 8. The van der Waals surface area contributed by atoms with Gasteiger partial charge in [0.05, 0.1) is 12.3 Å². The van der Waals surface area contributed by atoms with E-state index in [0.29, 0.717) is 18.9 Å². The first-order valence-corrected chi connectivity index (χ1v) is 14.2. The lowest BCUT2D eigenvalue weighted by Crippen LogP contribution is -2.46. The first-order valence-electron chi connectivity index (χ1n) is 12.3. The first kappa shape index (κ1) is 24.9. The summed E-state index contributed by atoms with van der Waals surface area (Å²) < 4.78 is 26.9. The van der Waals surface area contributed by atoms with Crippen LogP contribution in [-0.2, 0) is 14.8 Å². The number of carbonyl (C=O) groups is 1. The summed E-state index contributed by atoms with van der Waals surface area (Å²) >= 11 is 0. The van der Waals surface area contributed by atoms with Crippen molar-refractivity contribution in [2.24, 2.45) is 5.92 Å². The van der Waals surface area contributed by atoms with E-state index in [-0.39, 0.29) is 24.3 Å². The van der Waals surface area contributed by atoms with E-state index < -0.39 is 10.0 Å². The fourth-order valence-electron chi connectivity index (χ4n) is 5.50. The van der Waals surface area contributed by atoms with Crippen molar-refractivity contribution < 1.29 is 13.2 Å². The Labute approximate surface area is 204 Å². The molecule has 1 atom stereocenters. The molecule has 0 N–H and O–H groups in total. The SMILES string of the molecule is CN1CCC(CN2CC[C@H](N(C(=O)CC(c3ccccc3)c3ccccc3)S(C)(=O)=O)C2)CC1. The Morgan fingerprint density at radius 1 is 0.941 bits per heavy atom. The second kappa shape index (κ2) is 11.0. The highest BCUT2D eigenvalue weighted by molar-refractivity contribution is 7.88. The third kappa shape index (κ3) is 6.26. The molecule has 2 aliphatic heterocycles. The topological polar surface area (TPSA) is 60.9 Å². The molecule has 7 heteroatoms. The summed E-state index contributed by atoms with van der Waals surface area (Å²) in [6, 6.07) is 19.5. The van der Waals surface area contributed by atoms with Crippen LogP contribution in [0.3, 0.4) is 0 Å². The van der Waals surface area contributed by atoms with Crippen LogP contribution in [0.1, 0.15) is 42.7 Å². The van der Waals surface area contributed by atoms with Gasteiger partial charge in [0.1, 0.15) is 0 Å². The number of hydrogen-bond donors (Lipinski definition) is 0. The highest BCUT2D eigenvalue weighted by Gasteiger charge is 2.38. The monoisotopic (exact) mass is 483 g/mol. The number of nitrogens with zero attached hydrogens (tertiary/aromatic N) is 3. The van der Waals surface area contributed by atoms with Gasteiger partial charge in [-0.1, -0.05) is 60.7 Å². The van der Waals surface area contributed by atoms with E-state index in [0.717, 1.165) is 37.3 Å². The van der Waals surface area contributed by atoms with E-state index >= 15 is 0 Å². The van der Waals surface area contributed by atoms with Gasteiger partial charge in [0.15, 0.2) is 0 Å². The summed E-state index contributed by atoms with van der Waals surface area (Å²) in [7, 11) is -1.51. The summed E-state index contributed by atoms with van der Waals surface area (Å²) in [5.74, 6) is 0.153. The molecule has 0 unspecified atom stereocenters. The zero-order valence-electron chi connectivity index (χ0n) is 20.3. The van der Waals surface area contributed by atoms with E-state index in [9.17, 15) is 13.2 Å². The third-order valence-corrected chi connectivity index (χ3v) is 8.54. The lowest BCUT2D eigenvalue weighted by atomic mass is 9.88. The maximum Gasteiger partial charge on any atom is 0.237 e. The zero-order valence-corrected chi connectivity index (χ0v) is 21.2.